The number of benzene rings is 1. The first-order valence-electron chi connectivity index (χ1n) is 6.52. The Bertz CT molecular complexity index is 766. The van der Waals surface area contributed by atoms with E-state index < -0.39 is 6.29 Å². The minimum atomic E-state index is -3.68. The van der Waals surface area contributed by atoms with Crippen LogP contribution in [0.1, 0.15) is 5.82 Å². The van der Waals surface area contributed by atoms with Gasteiger partial charge in [-0.15, -0.1) is 19.0 Å². The van der Waals surface area contributed by atoms with E-state index in [-0.39, 0.29) is 23.2 Å². The molecule has 0 aliphatic carbocycles. The van der Waals surface area contributed by atoms with E-state index in [0.29, 0.717) is 10.8 Å². The van der Waals surface area contributed by atoms with Crippen LogP contribution in [0.15, 0.2) is 23.4 Å². The molecule has 2 aromatic rings. The van der Waals surface area contributed by atoms with Crippen LogP contribution in [0.4, 0.5) is 14.5 Å². The number of fused-ring (bicyclic) bond motifs is 1. The van der Waals surface area contributed by atoms with Crippen LogP contribution >= 0.6 is 11.8 Å². The van der Waals surface area contributed by atoms with Crippen molar-refractivity contribution in [3.8, 4) is 11.5 Å². The summed E-state index contributed by atoms with van der Waals surface area (Å²) in [5.74, 6) is 0.350. The molecule has 7 nitrogen and oxygen atoms in total. The molecule has 1 amide bonds. The van der Waals surface area contributed by atoms with Gasteiger partial charge in [-0.1, -0.05) is 11.8 Å². The lowest BCUT2D eigenvalue weighted by Gasteiger charge is -2.06. The molecule has 10 heteroatoms. The largest absolute Gasteiger partial charge is 0.586 e. The van der Waals surface area contributed by atoms with Crippen molar-refractivity contribution in [2.45, 2.75) is 18.4 Å². The highest BCUT2D eigenvalue weighted by Gasteiger charge is 2.43. The van der Waals surface area contributed by atoms with Crippen molar-refractivity contribution < 1.29 is 23.0 Å². The number of nitrogens with zero attached hydrogens (tertiary/aromatic N) is 3. The maximum atomic E-state index is 12.9. The summed E-state index contributed by atoms with van der Waals surface area (Å²) in [5, 5.41) is 11.0. The quantitative estimate of drug-likeness (QED) is 0.858. The minimum absolute atomic E-state index is 0.0723. The third-order valence-electron chi connectivity index (χ3n) is 3.07. The second-order valence-corrected chi connectivity index (χ2v) is 5.70. The van der Waals surface area contributed by atoms with Crippen LogP contribution in [0.3, 0.4) is 0 Å². The summed E-state index contributed by atoms with van der Waals surface area (Å²) in [6.45, 7) is 1.81. The molecule has 1 aromatic carbocycles. The zero-order valence-corrected chi connectivity index (χ0v) is 13.0. The van der Waals surface area contributed by atoms with Crippen LogP contribution < -0.4 is 14.8 Å². The van der Waals surface area contributed by atoms with E-state index in [2.05, 4.69) is 25.0 Å². The van der Waals surface area contributed by atoms with Gasteiger partial charge in [0.1, 0.15) is 5.82 Å². The molecule has 0 spiro atoms. The van der Waals surface area contributed by atoms with Crippen LogP contribution in [0.5, 0.6) is 11.5 Å². The summed E-state index contributed by atoms with van der Waals surface area (Å²) >= 11 is 1.22. The molecule has 1 N–H and O–H groups in total. The number of aromatic nitrogens is 3. The second-order valence-electron chi connectivity index (χ2n) is 4.75. The zero-order valence-electron chi connectivity index (χ0n) is 12.2. The van der Waals surface area contributed by atoms with Crippen LogP contribution in [-0.2, 0) is 11.8 Å². The number of alkyl halides is 2. The van der Waals surface area contributed by atoms with Crippen molar-refractivity contribution in [1.82, 2.24) is 14.8 Å². The monoisotopic (exact) mass is 342 g/mol. The molecular formula is C13H12F2N4O3S. The molecule has 0 radical (unpaired) electrons. The highest BCUT2D eigenvalue weighted by atomic mass is 32.2. The third kappa shape index (κ3) is 3.36. The molecular weight excluding hydrogens is 330 g/mol. The number of anilines is 1. The molecule has 1 aliphatic heterocycles. The number of hydrogen-bond acceptors (Lipinski definition) is 6. The minimum Gasteiger partial charge on any atom is -0.395 e. The Morgan fingerprint density at radius 1 is 1.35 bits per heavy atom. The van der Waals surface area contributed by atoms with E-state index in [1.165, 1.54) is 30.0 Å². The molecule has 3 rings (SSSR count). The van der Waals surface area contributed by atoms with E-state index in [4.69, 9.17) is 0 Å². The summed E-state index contributed by atoms with van der Waals surface area (Å²) in [6, 6.07) is 4.05. The maximum absolute atomic E-state index is 12.9. The number of carbonyl (C=O) groups excluding carboxylic acids is 1. The average Bonchev–Trinajstić information content (AvgIpc) is 2.95. The number of hydrogen-bond donors (Lipinski definition) is 1. The zero-order chi connectivity index (χ0) is 16.6. The molecule has 1 aromatic heterocycles. The van der Waals surface area contributed by atoms with Crippen LogP contribution in [-0.4, -0.2) is 32.7 Å². The smallest absolute Gasteiger partial charge is 0.395 e. The molecule has 0 unspecified atom stereocenters. The van der Waals surface area contributed by atoms with Crippen molar-refractivity contribution in [1.29, 1.82) is 0 Å². The van der Waals surface area contributed by atoms with Gasteiger partial charge in [-0.3, -0.25) is 4.79 Å². The van der Waals surface area contributed by atoms with Gasteiger partial charge in [0, 0.05) is 18.8 Å². The number of halogens is 2. The van der Waals surface area contributed by atoms with Gasteiger partial charge in [0.05, 0.1) is 5.75 Å². The van der Waals surface area contributed by atoms with Crippen molar-refractivity contribution in [2.24, 2.45) is 7.05 Å². The molecule has 23 heavy (non-hydrogen) atoms. The van der Waals surface area contributed by atoms with E-state index in [1.54, 1.807) is 18.5 Å². The van der Waals surface area contributed by atoms with Gasteiger partial charge in [0.2, 0.25) is 5.91 Å². The fraction of sp³-hybridized carbons (Fsp3) is 0.308. The molecule has 0 fully saturated rings. The number of carbonyl (C=O) groups is 1. The Hall–Kier alpha value is -2.36. The van der Waals surface area contributed by atoms with Crippen molar-refractivity contribution >= 4 is 23.4 Å². The third-order valence-corrected chi connectivity index (χ3v) is 4.09. The van der Waals surface area contributed by atoms with E-state index in [0.717, 1.165) is 5.82 Å². The van der Waals surface area contributed by atoms with Crippen molar-refractivity contribution in [2.75, 3.05) is 11.1 Å². The lowest BCUT2D eigenvalue weighted by molar-refractivity contribution is -0.286. The Balaban J connectivity index is 1.60. The Labute approximate surface area is 134 Å². The summed E-state index contributed by atoms with van der Waals surface area (Å²) in [5.41, 5.74) is 0.338. The molecule has 2 heterocycles. The molecule has 0 atom stereocenters. The van der Waals surface area contributed by atoms with Crippen molar-refractivity contribution in [3.63, 3.8) is 0 Å². The Morgan fingerprint density at radius 2 is 2.09 bits per heavy atom. The first kappa shape index (κ1) is 15.5. The van der Waals surface area contributed by atoms with E-state index in [9.17, 15) is 13.6 Å². The van der Waals surface area contributed by atoms with Gasteiger partial charge in [0.25, 0.3) is 0 Å². The lowest BCUT2D eigenvalue weighted by atomic mass is 10.3. The van der Waals surface area contributed by atoms with Crippen LogP contribution in [0, 0.1) is 6.92 Å². The maximum Gasteiger partial charge on any atom is 0.586 e. The van der Waals surface area contributed by atoms with Gasteiger partial charge in [-0.25, -0.2) is 0 Å². The van der Waals surface area contributed by atoms with Gasteiger partial charge >= 0.3 is 6.29 Å². The van der Waals surface area contributed by atoms with E-state index in [1.807, 2.05) is 0 Å². The standard InChI is InChI=1S/C13H12F2N4O3S/c1-7-17-18-12(19(7)2)23-6-11(20)16-8-3-4-9-10(5-8)22-13(14,15)21-9/h3-5H,6H2,1-2H3,(H,16,20). The molecule has 0 saturated heterocycles. The van der Waals surface area contributed by atoms with Gasteiger partial charge in [-0.05, 0) is 19.1 Å². The fourth-order valence-electron chi connectivity index (χ4n) is 1.87. The Kier molecular flexibility index (Phi) is 3.84. The van der Waals surface area contributed by atoms with Crippen LogP contribution in [0.25, 0.3) is 0 Å². The first-order chi connectivity index (χ1) is 10.8. The number of amides is 1. The highest BCUT2D eigenvalue weighted by Crippen LogP contribution is 2.42. The van der Waals surface area contributed by atoms with Crippen molar-refractivity contribution in [3.05, 3.63) is 24.0 Å². The highest BCUT2D eigenvalue weighted by molar-refractivity contribution is 7.99. The normalized spacial score (nSPS) is 14.8. The molecule has 0 bridgehead atoms. The number of ether oxygens (including phenoxy) is 2. The number of aryl methyl sites for hydroxylation is 1. The second kappa shape index (κ2) is 5.69. The molecule has 0 saturated carbocycles. The Morgan fingerprint density at radius 3 is 2.78 bits per heavy atom. The topological polar surface area (TPSA) is 78.3 Å². The SMILES string of the molecule is Cc1nnc(SCC(=O)Nc2ccc3c(c2)OC(F)(F)O3)n1C. The van der Waals surface area contributed by atoms with Gasteiger partial charge < -0.3 is 19.4 Å². The summed E-state index contributed by atoms with van der Waals surface area (Å²) in [4.78, 5) is 11.9. The number of thioether (sulfide) groups is 1. The number of rotatable bonds is 4. The number of nitrogens with one attached hydrogen (secondary N) is 1. The fourth-order valence-corrected chi connectivity index (χ4v) is 2.62. The van der Waals surface area contributed by atoms with Gasteiger partial charge in [0.15, 0.2) is 16.7 Å². The predicted octanol–water partition coefficient (Wildman–Crippen LogP) is 2.18. The van der Waals surface area contributed by atoms with Gasteiger partial charge in [-0.2, -0.15) is 0 Å². The molecule has 122 valence electrons. The summed E-state index contributed by atoms with van der Waals surface area (Å²) < 4.78 is 36.2. The first-order valence-corrected chi connectivity index (χ1v) is 7.51. The summed E-state index contributed by atoms with van der Waals surface area (Å²) in [7, 11) is 1.80. The average molecular weight is 342 g/mol. The predicted molar refractivity (Wildman–Crippen MR) is 77.7 cm³/mol. The molecule has 1 aliphatic rings. The van der Waals surface area contributed by atoms with Crippen LogP contribution in [0.2, 0.25) is 0 Å². The van der Waals surface area contributed by atoms with E-state index >= 15 is 0 Å². The lowest BCUT2D eigenvalue weighted by Crippen LogP contribution is -2.25. The summed E-state index contributed by atoms with van der Waals surface area (Å²) in [6.07, 6.45) is -3.68.